The van der Waals surface area contributed by atoms with Crippen molar-refractivity contribution in [1.82, 2.24) is 15.3 Å². The number of aryl methyl sites for hydroxylation is 2. The molecule has 0 aliphatic carbocycles. The maximum atomic E-state index is 12.7. The molecule has 0 unspecified atom stereocenters. The third-order valence-electron chi connectivity index (χ3n) is 4.26. The highest BCUT2D eigenvalue weighted by Crippen LogP contribution is 2.24. The van der Waals surface area contributed by atoms with Crippen LogP contribution in [0.2, 0.25) is 0 Å². The molecule has 0 bridgehead atoms. The van der Waals surface area contributed by atoms with Crippen molar-refractivity contribution in [3.63, 3.8) is 0 Å². The highest BCUT2D eigenvalue weighted by molar-refractivity contribution is 5.92. The van der Waals surface area contributed by atoms with E-state index in [4.69, 9.17) is 0 Å². The number of hydrazine groups is 1. The van der Waals surface area contributed by atoms with E-state index in [2.05, 4.69) is 24.5 Å². The molecule has 1 saturated heterocycles. The molecule has 1 fully saturated rings. The zero-order chi connectivity index (χ0) is 17.5. The molecule has 24 heavy (non-hydrogen) atoms. The summed E-state index contributed by atoms with van der Waals surface area (Å²) < 4.78 is 0. The number of carbonyl (C=O) groups excluding carboxylic acids is 2. The number of rotatable bonds is 5. The Morgan fingerprint density at radius 1 is 1.00 bits per heavy atom. The number of hydrogen-bond donors (Lipinski definition) is 2. The Kier molecular flexibility index (Phi) is 6.46. The summed E-state index contributed by atoms with van der Waals surface area (Å²) in [6.07, 6.45) is 3.37. The van der Waals surface area contributed by atoms with E-state index in [9.17, 15) is 9.59 Å². The maximum absolute atomic E-state index is 12.7. The first-order chi connectivity index (χ1) is 11.6. The third kappa shape index (κ3) is 3.99. The van der Waals surface area contributed by atoms with Crippen molar-refractivity contribution in [3.8, 4) is 0 Å². The van der Waals surface area contributed by atoms with Crippen molar-refractivity contribution in [2.45, 2.75) is 46.5 Å². The van der Waals surface area contributed by atoms with Gasteiger partial charge in [-0.05, 0) is 36.8 Å². The Morgan fingerprint density at radius 2 is 1.58 bits per heavy atom. The van der Waals surface area contributed by atoms with Gasteiger partial charge in [0.05, 0.1) is 0 Å². The van der Waals surface area contributed by atoms with Gasteiger partial charge in [0.1, 0.15) is 0 Å². The van der Waals surface area contributed by atoms with E-state index in [1.807, 2.05) is 25.1 Å². The lowest BCUT2D eigenvalue weighted by Gasteiger charge is -2.28. The second-order valence-corrected chi connectivity index (χ2v) is 5.92. The summed E-state index contributed by atoms with van der Waals surface area (Å²) in [5.74, 6) is 0. The molecule has 1 aromatic rings. The van der Waals surface area contributed by atoms with Crippen molar-refractivity contribution in [1.29, 1.82) is 0 Å². The van der Waals surface area contributed by atoms with Crippen molar-refractivity contribution in [2.75, 3.05) is 25.0 Å². The second kappa shape index (κ2) is 8.57. The number of carbonyl (C=O) groups is 2. The van der Waals surface area contributed by atoms with Crippen molar-refractivity contribution >= 4 is 17.7 Å². The largest absolute Gasteiger partial charge is 0.340 e. The van der Waals surface area contributed by atoms with Gasteiger partial charge in [-0.2, -0.15) is 0 Å². The molecule has 1 aliphatic rings. The average molecular weight is 332 g/mol. The average Bonchev–Trinajstić information content (AvgIpc) is 3.09. The molecule has 6 nitrogen and oxygen atoms in total. The highest BCUT2D eigenvalue weighted by Gasteiger charge is 2.31. The molecule has 4 amide bonds. The summed E-state index contributed by atoms with van der Waals surface area (Å²) in [7, 11) is 0. The maximum Gasteiger partial charge on any atom is 0.340 e. The monoisotopic (exact) mass is 332 g/mol. The Balaban J connectivity index is 2.13. The molecule has 2 N–H and O–H groups in total. The van der Waals surface area contributed by atoms with Gasteiger partial charge in [-0.3, -0.25) is 0 Å². The summed E-state index contributed by atoms with van der Waals surface area (Å²) in [6.45, 7) is 7.89. The van der Waals surface area contributed by atoms with Crippen LogP contribution >= 0.6 is 0 Å². The van der Waals surface area contributed by atoms with E-state index >= 15 is 0 Å². The lowest BCUT2D eigenvalue weighted by molar-refractivity contribution is 0.0946. The van der Waals surface area contributed by atoms with Crippen molar-refractivity contribution in [3.05, 3.63) is 29.3 Å². The zero-order valence-electron chi connectivity index (χ0n) is 14.9. The molecule has 1 aliphatic heterocycles. The van der Waals surface area contributed by atoms with Gasteiger partial charge in [-0.15, -0.1) is 0 Å². The van der Waals surface area contributed by atoms with Crippen LogP contribution in [0.15, 0.2) is 18.2 Å². The summed E-state index contributed by atoms with van der Waals surface area (Å²) in [4.78, 5) is 24.9. The minimum Gasteiger partial charge on any atom is -0.337 e. The standard InChI is InChI=1S/C18H28N4O2/c1-4-11-19-17(23)21-12-8-13-22(21)18(24)20-16-14(5-2)9-7-10-15(16)6-3/h7,9-10H,4-6,8,11-13H2,1-3H3,(H,19,23)(H,20,24). The van der Waals surface area contributed by atoms with Crippen LogP contribution in [0.5, 0.6) is 0 Å². The Labute approximate surface area is 144 Å². The number of nitrogens with zero attached hydrogens (tertiary/aromatic N) is 2. The number of amides is 4. The molecule has 132 valence electrons. The quantitative estimate of drug-likeness (QED) is 0.868. The van der Waals surface area contributed by atoms with E-state index in [1.54, 1.807) is 0 Å². The van der Waals surface area contributed by atoms with E-state index in [0.29, 0.717) is 19.6 Å². The fourth-order valence-electron chi connectivity index (χ4n) is 2.93. The fraction of sp³-hybridized carbons (Fsp3) is 0.556. The third-order valence-corrected chi connectivity index (χ3v) is 4.26. The smallest absolute Gasteiger partial charge is 0.337 e. The number of anilines is 1. The Bertz CT molecular complexity index is 566. The van der Waals surface area contributed by atoms with Crippen LogP contribution in [0, 0.1) is 0 Å². The van der Waals surface area contributed by atoms with Crippen LogP contribution in [0.3, 0.4) is 0 Å². The van der Waals surface area contributed by atoms with Crippen molar-refractivity contribution < 1.29 is 9.59 Å². The van der Waals surface area contributed by atoms with Gasteiger partial charge in [0.15, 0.2) is 0 Å². The van der Waals surface area contributed by atoms with Crippen LogP contribution in [-0.4, -0.2) is 41.7 Å². The molecule has 0 atom stereocenters. The first kappa shape index (κ1) is 18.1. The van der Waals surface area contributed by atoms with Crippen LogP contribution < -0.4 is 10.6 Å². The second-order valence-electron chi connectivity index (χ2n) is 5.92. The number of hydrogen-bond acceptors (Lipinski definition) is 2. The first-order valence-electron chi connectivity index (χ1n) is 8.86. The van der Waals surface area contributed by atoms with Crippen LogP contribution in [0.1, 0.15) is 44.7 Å². The van der Waals surface area contributed by atoms with Crippen LogP contribution in [0.4, 0.5) is 15.3 Å². The molecular formula is C18H28N4O2. The number of para-hydroxylation sites is 1. The normalized spacial score (nSPS) is 14.0. The minimum atomic E-state index is -0.241. The number of urea groups is 2. The Morgan fingerprint density at radius 3 is 2.12 bits per heavy atom. The number of nitrogens with one attached hydrogen (secondary N) is 2. The van der Waals surface area contributed by atoms with E-state index in [0.717, 1.165) is 42.5 Å². The zero-order valence-corrected chi connectivity index (χ0v) is 14.9. The molecule has 6 heteroatoms. The molecule has 2 rings (SSSR count). The van der Waals surface area contributed by atoms with Gasteiger partial charge in [0, 0.05) is 25.3 Å². The van der Waals surface area contributed by atoms with Gasteiger partial charge < -0.3 is 10.6 Å². The molecule has 0 aromatic heterocycles. The molecule has 1 aromatic carbocycles. The fourth-order valence-corrected chi connectivity index (χ4v) is 2.93. The lowest BCUT2D eigenvalue weighted by Crippen LogP contribution is -2.50. The van der Waals surface area contributed by atoms with Gasteiger partial charge in [0.2, 0.25) is 0 Å². The van der Waals surface area contributed by atoms with Crippen molar-refractivity contribution in [2.24, 2.45) is 0 Å². The molecule has 0 saturated carbocycles. The molecular weight excluding hydrogens is 304 g/mol. The van der Waals surface area contributed by atoms with Gasteiger partial charge >= 0.3 is 12.1 Å². The number of benzene rings is 1. The highest BCUT2D eigenvalue weighted by atomic mass is 16.2. The van der Waals surface area contributed by atoms with E-state index < -0.39 is 0 Å². The Hall–Kier alpha value is -2.24. The predicted octanol–water partition coefficient (Wildman–Crippen LogP) is 3.39. The molecule has 0 radical (unpaired) electrons. The molecule has 0 spiro atoms. The van der Waals surface area contributed by atoms with Crippen LogP contribution in [-0.2, 0) is 12.8 Å². The topological polar surface area (TPSA) is 64.7 Å². The minimum absolute atomic E-state index is 0.205. The van der Waals surface area contributed by atoms with Gasteiger partial charge in [-0.1, -0.05) is 39.0 Å². The van der Waals surface area contributed by atoms with E-state index in [-0.39, 0.29) is 12.1 Å². The lowest BCUT2D eigenvalue weighted by atomic mass is 10.0. The summed E-state index contributed by atoms with van der Waals surface area (Å²) in [6, 6.07) is 5.64. The predicted molar refractivity (Wildman–Crippen MR) is 95.9 cm³/mol. The van der Waals surface area contributed by atoms with Gasteiger partial charge in [0.25, 0.3) is 0 Å². The van der Waals surface area contributed by atoms with Gasteiger partial charge in [-0.25, -0.2) is 19.6 Å². The first-order valence-corrected chi connectivity index (χ1v) is 8.86. The summed E-state index contributed by atoms with van der Waals surface area (Å²) in [5, 5.41) is 8.88. The SMILES string of the molecule is CCCNC(=O)N1CCCN1C(=O)Nc1c(CC)cccc1CC. The summed E-state index contributed by atoms with van der Waals surface area (Å²) >= 11 is 0. The summed E-state index contributed by atoms with van der Waals surface area (Å²) in [5.41, 5.74) is 3.11. The molecule has 1 heterocycles. The van der Waals surface area contributed by atoms with Crippen LogP contribution in [0.25, 0.3) is 0 Å². The van der Waals surface area contributed by atoms with E-state index in [1.165, 1.54) is 10.0 Å².